The molecular weight excluding hydrogens is 770 g/mol. The molecule has 0 spiro atoms. The first kappa shape index (κ1) is 45.1. The zero-order chi connectivity index (χ0) is 40.9. The van der Waals surface area contributed by atoms with Crippen LogP contribution in [0.3, 0.4) is 0 Å². The molecule has 0 radical (unpaired) electrons. The summed E-state index contributed by atoms with van der Waals surface area (Å²) in [5.74, 6) is -0.620. The van der Waals surface area contributed by atoms with E-state index in [1.165, 1.54) is 108 Å². The molecule has 1 atom stereocenters. The number of sulfone groups is 1. The van der Waals surface area contributed by atoms with Crippen LogP contribution >= 0.6 is 0 Å². The normalized spacial score (nSPS) is 19.2. The summed E-state index contributed by atoms with van der Waals surface area (Å²) in [4.78, 5) is 15.1. The number of pyridine rings is 1. The van der Waals surface area contributed by atoms with Gasteiger partial charge in [0.1, 0.15) is 11.2 Å². The highest BCUT2D eigenvalue weighted by Gasteiger charge is 2.34. The van der Waals surface area contributed by atoms with Crippen molar-refractivity contribution < 1.29 is 22.1 Å². The number of hydrogen-bond acceptors (Lipinski definition) is 9. The van der Waals surface area contributed by atoms with E-state index in [9.17, 15) is 13.0 Å². The van der Waals surface area contributed by atoms with E-state index in [4.69, 9.17) is 4.74 Å². The standard InChI is InChI=1S/C46H70FN5O4S2/c1-4-5-6-7-8-9-10-11-12-13-14-15-33-56-44-20-18-40(35-42(44)47)58(54,55)45-36-48-43-19-17-39(57(3)53)34-41(43)46(45)52-29-23-38(24-30-52)51-27-21-37(22-28-51)50-26-16-25-49(2)31-32-50/h17-20,34-38H,4-16,21-33H2,1-3H3. The van der Waals surface area contributed by atoms with Gasteiger partial charge in [0.25, 0.3) is 0 Å². The van der Waals surface area contributed by atoms with Gasteiger partial charge in [-0.1, -0.05) is 77.6 Å². The Kier molecular flexibility index (Phi) is 17.4. The van der Waals surface area contributed by atoms with Gasteiger partial charge in [0.05, 0.1) is 22.7 Å². The van der Waals surface area contributed by atoms with Gasteiger partial charge in [0, 0.05) is 55.9 Å². The second-order valence-electron chi connectivity index (χ2n) is 17.1. The van der Waals surface area contributed by atoms with E-state index in [1.54, 1.807) is 12.3 Å². The van der Waals surface area contributed by atoms with Crippen LogP contribution in [0.4, 0.5) is 10.1 Å². The van der Waals surface area contributed by atoms with E-state index in [-0.39, 0.29) is 15.5 Å². The Balaban J connectivity index is 1.07. The Morgan fingerprint density at radius 3 is 2.03 bits per heavy atom. The monoisotopic (exact) mass is 839 g/mol. The number of likely N-dealkylation sites (N-methyl/N-ethyl adjacent to an activating group) is 1. The molecule has 6 rings (SSSR count). The van der Waals surface area contributed by atoms with Crippen molar-refractivity contribution in [2.75, 3.05) is 77.2 Å². The molecule has 3 aliphatic rings. The van der Waals surface area contributed by atoms with E-state index < -0.39 is 26.8 Å². The summed E-state index contributed by atoms with van der Waals surface area (Å²) in [5.41, 5.74) is 1.20. The van der Waals surface area contributed by atoms with Gasteiger partial charge in [0.15, 0.2) is 16.5 Å². The third-order valence-electron chi connectivity index (χ3n) is 12.9. The maximum atomic E-state index is 15.5. The molecule has 0 aliphatic carbocycles. The minimum absolute atomic E-state index is 0.0472. The fraction of sp³-hybridized carbons (Fsp3) is 0.674. The lowest BCUT2D eigenvalue weighted by Gasteiger charge is -2.44. The smallest absolute Gasteiger partial charge is 0.210 e. The lowest BCUT2D eigenvalue weighted by Crippen LogP contribution is -2.51. The second-order valence-corrected chi connectivity index (χ2v) is 20.4. The van der Waals surface area contributed by atoms with E-state index >= 15 is 4.39 Å². The van der Waals surface area contributed by atoms with E-state index in [0.29, 0.717) is 53.3 Å². The van der Waals surface area contributed by atoms with Crippen molar-refractivity contribution in [2.45, 2.75) is 143 Å². The molecule has 4 heterocycles. The molecule has 3 aromatic rings. The van der Waals surface area contributed by atoms with Gasteiger partial charge in [-0.15, -0.1) is 0 Å². The van der Waals surface area contributed by atoms with Crippen molar-refractivity contribution >= 4 is 37.6 Å². The highest BCUT2D eigenvalue weighted by atomic mass is 32.2. The minimum Gasteiger partial charge on any atom is -0.612 e. The highest BCUT2D eigenvalue weighted by Crippen LogP contribution is 2.39. The topological polar surface area (TPSA) is 92.3 Å². The molecule has 9 nitrogen and oxygen atoms in total. The van der Waals surface area contributed by atoms with Crippen LogP contribution in [0.1, 0.15) is 116 Å². The van der Waals surface area contributed by atoms with Gasteiger partial charge in [-0.2, -0.15) is 0 Å². The van der Waals surface area contributed by atoms with Gasteiger partial charge in [-0.25, -0.2) is 12.8 Å². The van der Waals surface area contributed by atoms with Crippen molar-refractivity contribution in [1.29, 1.82) is 0 Å². The number of rotatable bonds is 20. The van der Waals surface area contributed by atoms with Crippen LogP contribution in [0, 0.1) is 5.82 Å². The first-order valence-corrected chi connectivity index (χ1v) is 25.5. The third-order valence-corrected chi connectivity index (χ3v) is 15.6. The molecule has 1 aromatic heterocycles. The summed E-state index contributed by atoms with van der Waals surface area (Å²) in [6, 6.07) is 10.5. The Labute approximate surface area is 352 Å². The molecule has 12 heteroatoms. The zero-order valence-electron chi connectivity index (χ0n) is 35.6. The third kappa shape index (κ3) is 12.1. The Morgan fingerprint density at radius 2 is 1.40 bits per heavy atom. The molecule has 0 bridgehead atoms. The van der Waals surface area contributed by atoms with Crippen LogP contribution in [0.5, 0.6) is 5.75 Å². The van der Waals surface area contributed by atoms with Crippen molar-refractivity contribution in [3.63, 3.8) is 0 Å². The number of likely N-dealkylation sites (tertiary alicyclic amines) is 1. The number of fused-ring (bicyclic) bond motifs is 1. The summed E-state index contributed by atoms with van der Waals surface area (Å²) in [6.45, 7) is 10.9. The molecule has 2 aromatic carbocycles. The maximum absolute atomic E-state index is 15.5. The largest absolute Gasteiger partial charge is 0.612 e. The van der Waals surface area contributed by atoms with Crippen molar-refractivity contribution in [3.05, 3.63) is 48.4 Å². The number of aromatic nitrogens is 1. The van der Waals surface area contributed by atoms with Crippen LogP contribution in [-0.2, 0) is 21.0 Å². The van der Waals surface area contributed by atoms with Crippen LogP contribution in [0.25, 0.3) is 10.9 Å². The van der Waals surface area contributed by atoms with Gasteiger partial charge in [-0.3, -0.25) is 9.88 Å². The molecule has 0 amide bonds. The van der Waals surface area contributed by atoms with Gasteiger partial charge in [0.2, 0.25) is 9.84 Å². The molecule has 0 saturated carbocycles. The van der Waals surface area contributed by atoms with Crippen molar-refractivity contribution in [1.82, 2.24) is 19.7 Å². The second kappa shape index (κ2) is 22.4. The summed E-state index contributed by atoms with van der Waals surface area (Å²) >= 11 is -1.27. The fourth-order valence-corrected chi connectivity index (χ4v) is 11.3. The predicted molar refractivity (Wildman–Crippen MR) is 236 cm³/mol. The average molecular weight is 840 g/mol. The minimum atomic E-state index is -4.18. The zero-order valence-corrected chi connectivity index (χ0v) is 37.3. The number of piperidine rings is 2. The summed E-state index contributed by atoms with van der Waals surface area (Å²) in [7, 11) is -1.96. The molecule has 1 unspecified atom stereocenters. The predicted octanol–water partition coefficient (Wildman–Crippen LogP) is 9.09. The molecule has 3 fully saturated rings. The number of hydrogen-bond donors (Lipinski definition) is 0. The van der Waals surface area contributed by atoms with E-state index in [2.05, 4.69) is 38.6 Å². The molecule has 0 N–H and O–H groups in total. The highest BCUT2D eigenvalue weighted by molar-refractivity contribution is 7.91. The Hall–Kier alpha value is -2.48. The SMILES string of the molecule is CCCCCCCCCCCCCCOc1ccc(S(=O)(=O)c2cnc3ccc([S+](C)[O-])cc3c2N2CCC(N3CCC(N4CCCN(C)CC4)CC3)CC2)cc1F. The number of nitrogens with zero attached hydrogens (tertiary/aromatic N) is 5. The van der Waals surface area contributed by atoms with Gasteiger partial charge >= 0.3 is 0 Å². The Morgan fingerprint density at radius 1 is 0.776 bits per heavy atom. The van der Waals surface area contributed by atoms with E-state index in [1.807, 2.05) is 12.1 Å². The van der Waals surface area contributed by atoms with Crippen molar-refractivity contribution in [3.8, 4) is 5.75 Å². The average Bonchev–Trinajstić information content (AvgIpc) is 3.46. The van der Waals surface area contributed by atoms with Crippen LogP contribution < -0.4 is 9.64 Å². The van der Waals surface area contributed by atoms with Crippen LogP contribution in [-0.4, -0.2) is 117 Å². The molecule has 3 saturated heterocycles. The van der Waals surface area contributed by atoms with Gasteiger partial charge < -0.3 is 24.0 Å². The number of halogens is 1. The van der Waals surface area contributed by atoms with Crippen LogP contribution in [0.15, 0.2) is 57.3 Å². The Bertz CT molecular complexity index is 1830. The molecule has 322 valence electrons. The van der Waals surface area contributed by atoms with Gasteiger partial charge in [-0.05, 0) is 113 Å². The molecular formula is C46H70FN5O4S2. The fourth-order valence-electron chi connectivity index (χ4n) is 9.36. The van der Waals surface area contributed by atoms with Crippen LogP contribution in [0.2, 0.25) is 0 Å². The van der Waals surface area contributed by atoms with Crippen molar-refractivity contribution in [2.24, 2.45) is 0 Å². The molecule has 3 aliphatic heterocycles. The number of ether oxygens (including phenoxy) is 1. The molecule has 58 heavy (non-hydrogen) atoms. The summed E-state index contributed by atoms with van der Waals surface area (Å²) < 4.78 is 62.9. The lowest BCUT2D eigenvalue weighted by atomic mass is 9.96. The van der Waals surface area contributed by atoms with E-state index in [0.717, 1.165) is 64.3 Å². The first-order valence-electron chi connectivity index (χ1n) is 22.5. The maximum Gasteiger partial charge on any atom is 0.210 e. The number of benzene rings is 2. The summed E-state index contributed by atoms with van der Waals surface area (Å²) in [5, 5.41) is 0.652. The number of anilines is 1. The lowest BCUT2D eigenvalue weighted by molar-refractivity contribution is 0.0769. The number of unbranched alkanes of at least 4 members (excludes halogenated alkanes) is 11. The first-order chi connectivity index (χ1) is 28.2. The summed E-state index contributed by atoms with van der Waals surface area (Å²) in [6.07, 6.45) is 23.3. The quantitative estimate of drug-likeness (QED) is 0.0817.